The molecule has 5 nitrogen and oxygen atoms in total. The van der Waals surface area contributed by atoms with Gasteiger partial charge in [0.25, 0.3) is 6.43 Å². The van der Waals surface area contributed by atoms with Crippen molar-refractivity contribution in [3.05, 3.63) is 34.6 Å². The first-order chi connectivity index (χ1) is 12.0. The Balaban J connectivity index is 1.69. The van der Waals surface area contributed by atoms with E-state index in [9.17, 15) is 8.78 Å². The summed E-state index contributed by atoms with van der Waals surface area (Å²) in [6.07, 6.45) is 3.63. The van der Waals surface area contributed by atoms with Crippen molar-refractivity contribution < 1.29 is 8.78 Å². The minimum atomic E-state index is -2.56. The molecule has 10 heteroatoms. The maximum atomic E-state index is 12.8. The predicted molar refractivity (Wildman–Crippen MR) is 92.8 cm³/mol. The summed E-state index contributed by atoms with van der Waals surface area (Å²) in [5.41, 5.74) is 0.196. The van der Waals surface area contributed by atoms with Gasteiger partial charge in [-0.3, -0.25) is 4.40 Å². The Labute approximate surface area is 154 Å². The summed E-state index contributed by atoms with van der Waals surface area (Å²) in [4.78, 5) is 9.01. The number of nitrogens with one attached hydrogen (secondary N) is 1. The number of halogens is 3. The van der Waals surface area contributed by atoms with Gasteiger partial charge in [-0.2, -0.15) is 5.26 Å². The molecule has 0 unspecified atom stereocenters. The highest BCUT2D eigenvalue weighted by Gasteiger charge is 2.43. The molecule has 25 heavy (non-hydrogen) atoms. The number of alkyl halides is 2. The average Bonchev–Trinajstić information content (AvgIpc) is 3.01. The highest BCUT2D eigenvalue weighted by atomic mass is 35.5. The van der Waals surface area contributed by atoms with Gasteiger partial charge in [-0.05, 0) is 30.9 Å². The van der Waals surface area contributed by atoms with Gasteiger partial charge in [0.1, 0.15) is 5.54 Å². The Morgan fingerprint density at radius 2 is 2.20 bits per heavy atom. The number of nitrogens with zero attached hydrogens (tertiary/aromatic N) is 4. The predicted octanol–water partition coefficient (Wildman–Crippen LogP) is 4.70. The lowest BCUT2D eigenvalue weighted by molar-refractivity contribution is 0.155. The van der Waals surface area contributed by atoms with Crippen LogP contribution in [0.5, 0.6) is 0 Å². The van der Waals surface area contributed by atoms with E-state index >= 15 is 0 Å². The largest absolute Gasteiger partial charge is 0.295 e. The van der Waals surface area contributed by atoms with Crippen LogP contribution in [0.4, 0.5) is 8.78 Å². The average molecular weight is 398 g/mol. The summed E-state index contributed by atoms with van der Waals surface area (Å²) < 4.78 is 30.5. The first kappa shape index (κ1) is 16.7. The van der Waals surface area contributed by atoms with Gasteiger partial charge < -0.3 is 0 Å². The van der Waals surface area contributed by atoms with E-state index in [1.165, 1.54) is 11.9 Å². The molecule has 0 spiro atoms. The van der Waals surface area contributed by atoms with Crippen molar-refractivity contribution in [2.45, 2.75) is 29.7 Å². The Bertz CT molecular complexity index is 990. The normalized spacial score (nSPS) is 15.6. The third-order valence-electron chi connectivity index (χ3n) is 3.83. The quantitative estimate of drug-likeness (QED) is 0.632. The topological polar surface area (TPSA) is 66.0 Å². The molecule has 0 radical (unpaired) electrons. The summed E-state index contributed by atoms with van der Waals surface area (Å²) in [6, 6.07) is 4.03. The van der Waals surface area contributed by atoms with E-state index in [1.54, 1.807) is 22.9 Å². The van der Waals surface area contributed by atoms with Crippen LogP contribution in [0.15, 0.2) is 29.6 Å². The van der Waals surface area contributed by atoms with E-state index in [-0.39, 0.29) is 4.88 Å². The van der Waals surface area contributed by atoms with Crippen LogP contribution in [-0.2, 0) is 0 Å². The number of aromatic nitrogens is 3. The zero-order chi connectivity index (χ0) is 17.6. The fraction of sp³-hybridized carbons (Fsp3) is 0.267. The minimum absolute atomic E-state index is 0.102. The van der Waals surface area contributed by atoms with Crippen LogP contribution in [0.1, 0.15) is 24.1 Å². The molecule has 128 valence electrons. The summed E-state index contributed by atoms with van der Waals surface area (Å²) in [5.74, 6) is 0.456. The van der Waals surface area contributed by atoms with E-state index < -0.39 is 12.0 Å². The van der Waals surface area contributed by atoms with Gasteiger partial charge in [0, 0.05) is 17.3 Å². The molecule has 1 saturated carbocycles. The van der Waals surface area contributed by atoms with Crippen molar-refractivity contribution >= 4 is 40.4 Å². The molecule has 1 fully saturated rings. The van der Waals surface area contributed by atoms with Gasteiger partial charge >= 0.3 is 0 Å². The molecule has 3 aromatic heterocycles. The molecule has 3 heterocycles. The SMILES string of the molecule is N#CC1(NSc2cc(Cl)c3cnc(-c4ncc(C(F)F)s4)n3c2)CC1. The van der Waals surface area contributed by atoms with Crippen LogP contribution in [-0.4, -0.2) is 19.9 Å². The lowest BCUT2D eigenvalue weighted by Crippen LogP contribution is -2.22. The van der Waals surface area contributed by atoms with Gasteiger partial charge in [0.05, 0.1) is 27.7 Å². The molecule has 0 atom stereocenters. The van der Waals surface area contributed by atoms with Crippen molar-refractivity contribution in [1.82, 2.24) is 19.1 Å². The number of nitriles is 1. The monoisotopic (exact) mass is 397 g/mol. The summed E-state index contributed by atoms with van der Waals surface area (Å²) in [7, 11) is 0. The van der Waals surface area contributed by atoms with E-state index in [1.807, 2.05) is 0 Å². The molecular weight excluding hydrogens is 388 g/mol. The van der Waals surface area contributed by atoms with Gasteiger partial charge in [-0.15, -0.1) is 11.3 Å². The number of thiazole rings is 1. The number of rotatable bonds is 5. The maximum Gasteiger partial charge on any atom is 0.274 e. The van der Waals surface area contributed by atoms with Gasteiger partial charge in [-0.25, -0.2) is 23.5 Å². The molecule has 3 aromatic rings. The Morgan fingerprint density at radius 1 is 1.40 bits per heavy atom. The third-order valence-corrected chi connectivity index (χ3v) is 6.08. The van der Waals surface area contributed by atoms with Crippen LogP contribution < -0.4 is 4.72 Å². The maximum absolute atomic E-state index is 12.8. The molecule has 0 saturated heterocycles. The first-order valence-corrected chi connectivity index (χ1v) is 9.28. The van der Waals surface area contributed by atoms with E-state index in [0.29, 0.717) is 21.4 Å². The van der Waals surface area contributed by atoms with Gasteiger partial charge in [0.15, 0.2) is 10.8 Å². The zero-order valence-electron chi connectivity index (χ0n) is 12.5. The van der Waals surface area contributed by atoms with Crippen LogP contribution in [0.25, 0.3) is 16.3 Å². The number of imidazole rings is 1. The molecular formula is C15H10ClF2N5S2. The fourth-order valence-corrected chi connectivity index (χ4v) is 4.24. The van der Waals surface area contributed by atoms with Crippen molar-refractivity contribution in [3.63, 3.8) is 0 Å². The Morgan fingerprint density at radius 3 is 2.84 bits per heavy atom. The second kappa shape index (κ2) is 6.21. The molecule has 0 amide bonds. The molecule has 1 N–H and O–H groups in total. The minimum Gasteiger partial charge on any atom is -0.295 e. The molecule has 1 aliphatic rings. The van der Waals surface area contributed by atoms with Gasteiger partial charge in [-0.1, -0.05) is 11.6 Å². The van der Waals surface area contributed by atoms with Crippen LogP contribution in [0.3, 0.4) is 0 Å². The number of hydrogen-bond donors (Lipinski definition) is 1. The summed E-state index contributed by atoms with van der Waals surface area (Å²) in [5, 5.41) is 10.0. The first-order valence-electron chi connectivity index (χ1n) is 7.27. The van der Waals surface area contributed by atoms with E-state index in [0.717, 1.165) is 35.3 Å². The molecule has 0 aliphatic heterocycles. The van der Waals surface area contributed by atoms with Gasteiger partial charge in [0.2, 0.25) is 0 Å². The zero-order valence-corrected chi connectivity index (χ0v) is 14.9. The Kier molecular flexibility index (Phi) is 4.16. The highest BCUT2D eigenvalue weighted by Crippen LogP contribution is 2.38. The fourth-order valence-electron chi connectivity index (χ4n) is 2.25. The van der Waals surface area contributed by atoms with Crippen LogP contribution >= 0.6 is 34.9 Å². The standard InChI is InChI=1S/C15H10ClF2N5S2/c16-9-3-8(25-22-15(7-19)1-2-15)6-23-10(9)4-20-13(23)14-21-5-11(24-14)12(17)18/h3-6,12,22H,1-2H2. The second-order valence-corrected chi connectivity index (χ2v) is 7.98. The lowest BCUT2D eigenvalue weighted by atomic mass is 10.3. The summed E-state index contributed by atoms with van der Waals surface area (Å²) in [6.45, 7) is 0. The van der Waals surface area contributed by atoms with Crippen molar-refractivity contribution in [2.75, 3.05) is 0 Å². The number of hydrogen-bond acceptors (Lipinski definition) is 6. The number of fused-ring (bicyclic) bond motifs is 1. The molecule has 0 bridgehead atoms. The van der Waals surface area contributed by atoms with Crippen molar-refractivity contribution in [3.8, 4) is 16.9 Å². The van der Waals surface area contributed by atoms with E-state index in [4.69, 9.17) is 16.9 Å². The molecule has 1 aliphatic carbocycles. The highest BCUT2D eigenvalue weighted by molar-refractivity contribution is 7.97. The Hall–Kier alpha value is -1.73. The van der Waals surface area contributed by atoms with Crippen LogP contribution in [0.2, 0.25) is 5.02 Å². The van der Waals surface area contributed by atoms with Crippen molar-refractivity contribution in [2.24, 2.45) is 0 Å². The molecule has 0 aromatic carbocycles. The van der Waals surface area contributed by atoms with Crippen molar-refractivity contribution in [1.29, 1.82) is 5.26 Å². The number of pyridine rings is 1. The lowest BCUT2D eigenvalue weighted by Gasteiger charge is -2.09. The summed E-state index contributed by atoms with van der Waals surface area (Å²) >= 11 is 8.54. The smallest absolute Gasteiger partial charge is 0.274 e. The van der Waals surface area contributed by atoms with E-state index in [2.05, 4.69) is 20.8 Å². The van der Waals surface area contributed by atoms with Crippen LogP contribution in [0, 0.1) is 11.3 Å². The third kappa shape index (κ3) is 3.11. The second-order valence-electron chi connectivity index (χ2n) is 5.63. The molecule has 4 rings (SSSR count).